The van der Waals surface area contributed by atoms with Gasteiger partial charge in [0.05, 0.1) is 0 Å². The van der Waals surface area contributed by atoms with Crippen LogP contribution in [0.1, 0.15) is 82.2 Å². The Kier molecular flexibility index (Phi) is 11.5. The zero-order chi connectivity index (χ0) is 41.0. The van der Waals surface area contributed by atoms with Crippen molar-refractivity contribution >= 4 is 35.1 Å². The predicted molar refractivity (Wildman–Crippen MR) is 255 cm³/mol. The van der Waals surface area contributed by atoms with Crippen LogP contribution in [0.4, 0.5) is 0 Å². The molecule has 0 bridgehead atoms. The maximum absolute atomic E-state index is 9.03. The predicted octanol–water partition coefficient (Wildman–Crippen LogP) is 16.3. The van der Waals surface area contributed by atoms with Crippen molar-refractivity contribution in [1.82, 2.24) is 0 Å². The molecule has 295 valence electrons. The fourth-order valence-electron chi connectivity index (χ4n) is 10.5. The first-order chi connectivity index (χ1) is 27.9. The van der Waals surface area contributed by atoms with Crippen molar-refractivity contribution in [3.8, 4) is 44.5 Å². The molecule has 6 aromatic rings. The Hall–Kier alpha value is -3.52. The summed E-state index contributed by atoms with van der Waals surface area (Å²) < 4.78 is 0.0352. The molecule has 0 saturated heterocycles. The first-order valence-corrected chi connectivity index (χ1v) is 37.8. The molecular formula is C54H57Cl2SiZr. The Bertz CT molecular complexity index is 2390. The van der Waals surface area contributed by atoms with Crippen molar-refractivity contribution in [2.75, 3.05) is 0 Å². The maximum atomic E-state index is 9.03. The monoisotopic (exact) mass is 893 g/mol. The van der Waals surface area contributed by atoms with Crippen LogP contribution in [0.5, 0.6) is 0 Å². The van der Waals surface area contributed by atoms with Crippen molar-refractivity contribution in [1.29, 1.82) is 0 Å². The number of hydrogen-bond donors (Lipinski definition) is 0. The molecule has 0 heterocycles. The number of allylic oxidation sites excluding steroid dienone is 2. The number of aryl methyl sites for hydroxylation is 2. The summed E-state index contributed by atoms with van der Waals surface area (Å²) in [6.45, 7) is 19.0. The van der Waals surface area contributed by atoms with Crippen LogP contribution in [0.15, 0.2) is 145 Å². The van der Waals surface area contributed by atoms with E-state index in [-0.39, 0.29) is 7.25 Å². The van der Waals surface area contributed by atoms with Crippen LogP contribution in [0.3, 0.4) is 0 Å². The SMILES string of the molecule is CCc1ccc2c(c1-c1ccccc1-c1ccccc1)C=C(C(C)C)[CH]2[Zr]([Cl])([Cl])([CH]1C(C(C)C)=Cc2c1ccc(CC)c2-c1ccccc1-c1ccccc1)[SiH](C)C. The summed E-state index contributed by atoms with van der Waals surface area (Å²) >= 11 is -5.10. The van der Waals surface area contributed by atoms with Crippen LogP contribution >= 0.6 is 17.0 Å². The second kappa shape index (κ2) is 16.2. The molecule has 2 unspecified atom stereocenters. The minimum absolute atomic E-state index is 0.0176. The molecule has 0 N–H and O–H groups in total. The van der Waals surface area contributed by atoms with Gasteiger partial charge in [-0.3, -0.25) is 0 Å². The van der Waals surface area contributed by atoms with Crippen molar-refractivity contribution < 1.29 is 15.6 Å². The normalized spacial score (nSPS) is 16.9. The van der Waals surface area contributed by atoms with Gasteiger partial charge in [0.25, 0.3) is 0 Å². The molecule has 2 aliphatic carbocycles. The molecule has 2 aliphatic rings. The van der Waals surface area contributed by atoms with E-state index in [0.717, 1.165) is 12.8 Å². The van der Waals surface area contributed by atoms with Gasteiger partial charge < -0.3 is 0 Å². The van der Waals surface area contributed by atoms with Crippen LogP contribution in [0.2, 0.25) is 13.1 Å². The van der Waals surface area contributed by atoms with E-state index in [1.807, 2.05) is 0 Å². The Morgan fingerprint density at radius 3 is 1.16 bits per heavy atom. The van der Waals surface area contributed by atoms with Gasteiger partial charge in [-0.05, 0) is 0 Å². The van der Waals surface area contributed by atoms with E-state index in [1.165, 1.54) is 89.0 Å². The number of rotatable bonds is 11. The summed E-state index contributed by atoms with van der Waals surface area (Å²) in [6.07, 6.45) is 6.99. The third-order valence-corrected chi connectivity index (χ3v) is 65.2. The van der Waals surface area contributed by atoms with E-state index < -0.39 is 21.5 Å². The first kappa shape index (κ1) is 41.2. The summed E-state index contributed by atoms with van der Waals surface area (Å²) in [5.41, 5.74) is 21.2. The molecule has 0 spiro atoms. The van der Waals surface area contributed by atoms with Gasteiger partial charge in [0.15, 0.2) is 0 Å². The molecule has 0 aliphatic heterocycles. The van der Waals surface area contributed by atoms with Crippen LogP contribution in [-0.4, -0.2) is 5.92 Å². The van der Waals surface area contributed by atoms with Gasteiger partial charge in [-0.1, -0.05) is 0 Å². The fraction of sp³-hybridized carbons (Fsp3) is 0.259. The van der Waals surface area contributed by atoms with Crippen LogP contribution in [-0.2, 0) is 28.4 Å². The van der Waals surface area contributed by atoms with E-state index in [2.05, 4.69) is 200 Å². The van der Waals surface area contributed by atoms with Crippen molar-refractivity contribution in [2.24, 2.45) is 11.8 Å². The minimum atomic E-state index is -5.10. The van der Waals surface area contributed by atoms with E-state index in [9.17, 15) is 0 Å². The summed E-state index contributed by atoms with van der Waals surface area (Å²) in [5.74, 6) is -1.19. The van der Waals surface area contributed by atoms with Gasteiger partial charge in [0, 0.05) is 0 Å². The van der Waals surface area contributed by atoms with Crippen LogP contribution in [0, 0.1) is 11.8 Å². The molecule has 58 heavy (non-hydrogen) atoms. The van der Waals surface area contributed by atoms with Gasteiger partial charge in [0.1, 0.15) is 0 Å². The third kappa shape index (κ3) is 6.66. The van der Waals surface area contributed by atoms with Gasteiger partial charge in [0.2, 0.25) is 0 Å². The molecule has 2 atom stereocenters. The Morgan fingerprint density at radius 2 is 0.828 bits per heavy atom. The zero-order valence-electron chi connectivity index (χ0n) is 35.4. The topological polar surface area (TPSA) is 0 Å². The molecule has 0 nitrogen and oxygen atoms in total. The van der Waals surface area contributed by atoms with E-state index in [0.29, 0.717) is 11.8 Å². The fourth-order valence-corrected chi connectivity index (χ4v) is 42.0. The third-order valence-electron chi connectivity index (χ3n) is 13.5. The van der Waals surface area contributed by atoms with E-state index >= 15 is 0 Å². The quantitative estimate of drug-likeness (QED) is 0.114. The summed E-state index contributed by atoms with van der Waals surface area (Å²) in [5, 5.41) is 0. The standard InChI is InChI=1S/2C26H25.C2H7Si.2ClH.Zr/c2*1-4-19-14-15-21-16-22(18(2)3)17-25(21)26(19)24-13-9-8-12-23(24)20-10-6-5-7-11-20;1-3-2;;;/h2*5-18H,4H2,1-3H3;3H,1-2H3;2*1H;/q;;;;;+2/p-2. The molecule has 0 amide bonds. The van der Waals surface area contributed by atoms with Gasteiger partial charge in [-0.2, -0.15) is 0 Å². The average Bonchev–Trinajstić information content (AvgIpc) is 3.85. The molecule has 8 rings (SSSR count). The molecular weight excluding hydrogens is 839 g/mol. The van der Waals surface area contributed by atoms with Gasteiger partial charge in [-0.25, -0.2) is 0 Å². The average molecular weight is 896 g/mol. The number of halogens is 2. The second-order valence-corrected chi connectivity index (χ2v) is 60.1. The number of hydrogen-bond acceptors (Lipinski definition) is 0. The molecule has 0 radical (unpaired) electrons. The van der Waals surface area contributed by atoms with E-state index in [4.69, 9.17) is 17.0 Å². The number of fused-ring (bicyclic) bond motifs is 2. The molecule has 0 fully saturated rings. The zero-order valence-corrected chi connectivity index (χ0v) is 40.5. The van der Waals surface area contributed by atoms with E-state index in [1.54, 1.807) is 0 Å². The van der Waals surface area contributed by atoms with Crippen molar-refractivity contribution in [3.63, 3.8) is 0 Å². The second-order valence-electron chi connectivity index (χ2n) is 17.6. The van der Waals surface area contributed by atoms with Gasteiger partial charge >= 0.3 is 360 Å². The van der Waals surface area contributed by atoms with Crippen molar-refractivity contribution in [2.45, 2.75) is 74.7 Å². The number of benzene rings is 6. The molecule has 4 heteroatoms. The summed E-state index contributed by atoms with van der Waals surface area (Å²) in [7, 11) is 18.1. The molecule has 6 aromatic carbocycles. The van der Waals surface area contributed by atoms with Crippen LogP contribution in [0.25, 0.3) is 56.7 Å². The Balaban J connectivity index is 1.40. The molecule has 0 aromatic heterocycles. The van der Waals surface area contributed by atoms with Gasteiger partial charge in [-0.15, -0.1) is 0 Å². The van der Waals surface area contributed by atoms with Crippen molar-refractivity contribution in [3.05, 3.63) is 178 Å². The first-order valence-electron chi connectivity index (χ1n) is 21.5. The Morgan fingerprint density at radius 1 is 0.483 bits per heavy atom. The summed E-state index contributed by atoms with van der Waals surface area (Å²) in [4.78, 5) is 0. The summed E-state index contributed by atoms with van der Waals surface area (Å²) in [6, 6.07) is 49.3. The Labute approximate surface area is 356 Å². The van der Waals surface area contributed by atoms with Crippen LogP contribution < -0.4 is 0 Å². The molecule has 0 saturated carbocycles.